The van der Waals surface area contributed by atoms with Gasteiger partial charge in [0.2, 0.25) is 23.6 Å². The van der Waals surface area contributed by atoms with Gasteiger partial charge in [-0.05, 0) is 43.9 Å². The Morgan fingerprint density at radius 1 is 1.03 bits per heavy atom. The maximum absolute atomic E-state index is 14.3. The third kappa shape index (κ3) is 3.23. The second-order valence-electron chi connectivity index (χ2n) is 10.8. The van der Waals surface area contributed by atoms with Crippen LogP contribution in [0.3, 0.4) is 0 Å². The summed E-state index contributed by atoms with van der Waals surface area (Å²) in [6.07, 6.45) is 2.20. The number of urea groups is 1. The van der Waals surface area contributed by atoms with E-state index in [1.165, 1.54) is 24.1 Å². The van der Waals surface area contributed by atoms with Gasteiger partial charge in [0.1, 0.15) is 11.5 Å². The molecule has 0 spiro atoms. The van der Waals surface area contributed by atoms with Gasteiger partial charge in [0.25, 0.3) is 0 Å². The lowest BCUT2D eigenvalue weighted by Crippen LogP contribution is -2.49. The second kappa shape index (κ2) is 8.52. The quantitative estimate of drug-likeness (QED) is 0.459. The highest BCUT2D eigenvalue weighted by molar-refractivity contribution is 6.24. The van der Waals surface area contributed by atoms with E-state index >= 15 is 0 Å². The van der Waals surface area contributed by atoms with Crippen molar-refractivity contribution in [1.29, 1.82) is 0 Å². The number of hydrogen-bond donors (Lipinski definition) is 2. The molecule has 2 aliphatic carbocycles. The molecule has 6 rings (SSSR count). The van der Waals surface area contributed by atoms with Gasteiger partial charge < -0.3 is 15.6 Å². The molecule has 3 fully saturated rings. The number of imide groups is 4. The Hall–Kier alpha value is -4.47. The van der Waals surface area contributed by atoms with E-state index in [1.54, 1.807) is 43.3 Å². The summed E-state index contributed by atoms with van der Waals surface area (Å²) < 4.78 is 5.61. The molecule has 6 amide bonds. The number of methoxy groups -OCH3 is 1. The number of amides is 6. The average molecular weight is 530 g/mol. The van der Waals surface area contributed by atoms with E-state index in [4.69, 9.17) is 10.5 Å². The van der Waals surface area contributed by atoms with Crippen LogP contribution in [0.2, 0.25) is 0 Å². The highest BCUT2D eigenvalue weighted by Gasteiger charge is 2.68. The van der Waals surface area contributed by atoms with Gasteiger partial charge in [-0.15, -0.1) is 0 Å². The van der Waals surface area contributed by atoms with E-state index in [1.807, 2.05) is 6.08 Å². The van der Waals surface area contributed by atoms with E-state index in [9.17, 15) is 29.1 Å². The topological polar surface area (TPSA) is 147 Å². The summed E-state index contributed by atoms with van der Waals surface area (Å²) in [5, 5.41) is 10.1. The van der Waals surface area contributed by atoms with E-state index in [-0.39, 0.29) is 30.4 Å². The van der Waals surface area contributed by atoms with Crippen LogP contribution in [-0.4, -0.2) is 46.8 Å². The fourth-order valence-corrected chi connectivity index (χ4v) is 7.34. The first-order chi connectivity index (χ1) is 18.6. The third-order valence-corrected chi connectivity index (χ3v) is 9.04. The predicted octanol–water partition coefficient (Wildman–Crippen LogP) is 2.71. The van der Waals surface area contributed by atoms with Gasteiger partial charge in [-0.25, -0.2) is 9.69 Å². The normalized spacial score (nSPS) is 31.5. The molecule has 39 heavy (non-hydrogen) atoms. The minimum absolute atomic E-state index is 0.0317. The molecule has 2 saturated heterocycles. The Balaban J connectivity index is 1.56. The SMILES string of the molecule is COc1cc(O)ccc1[C@H]1C2=CC[C@@H]3C(=O)N(C(N)=O)C(=O)[C@@H]3[C@@H]2C[C@H]2C(=O)N(c3ccccc3)C(=O)[C@@]12C. The zero-order valence-electron chi connectivity index (χ0n) is 21.4. The number of para-hydroxylation sites is 1. The van der Waals surface area contributed by atoms with Crippen LogP contribution in [0.1, 0.15) is 31.2 Å². The minimum Gasteiger partial charge on any atom is -0.508 e. The molecule has 0 radical (unpaired) electrons. The van der Waals surface area contributed by atoms with Crippen LogP contribution >= 0.6 is 0 Å². The van der Waals surface area contributed by atoms with E-state index in [0.29, 0.717) is 21.9 Å². The van der Waals surface area contributed by atoms with Crippen molar-refractivity contribution in [3.63, 3.8) is 0 Å². The Morgan fingerprint density at radius 3 is 2.41 bits per heavy atom. The van der Waals surface area contributed by atoms with Gasteiger partial charge in [-0.2, -0.15) is 4.90 Å². The molecule has 1 saturated carbocycles. The van der Waals surface area contributed by atoms with Gasteiger partial charge in [0.15, 0.2) is 0 Å². The number of phenolic OH excluding ortho intramolecular Hbond substituents is 1. The molecule has 2 aromatic carbocycles. The summed E-state index contributed by atoms with van der Waals surface area (Å²) >= 11 is 0. The number of likely N-dealkylation sites (tertiary alicyclic amines) is 1. The average Bonchev–Trinajstić information content (AvgIpc) is 3.29. The zero-order chi connectivity index (χ0) is 27.8. The zero-order valence-corrected chi connectivity index (χ0v) is 21.4. The monoisotopic (exact) mass is 529 g/mol. The van der Waals surface area contributed by atoms with Crippen molar-refractivity contribution in [2.45, 2.75) is 25.7 Å². The van der Waals surface area contributed by atoms with Crippen molar-refractivity contribution in [2.75, 3.05) is 12.0 Å². The number of aromatic hydroxyl groups is 1. The molecule has 6 atom stereocenters. The smallest absolute Gasteiger partial charge is 0.328 e. The van der Waals surface area contributed by atoms with Crippen LogP contribution in [0.15, 0.2) is 60.2 Å². The van der Waals surface area contributed by atoms with Gasteiger partial charge in [-0.1, -0.05) is 35.9 Å². The van der Waals surface area contributed by atoms with Gasteiger partial charge in [-0.3, -0.25) is 19.2 Å². The van der Waals surface area contributed by atoms with Crippen molar-refractivity contribution >= 4 is 35.3 Å². The molecule has 0 bridgehead atoms. The van der Waals surface area contributed by atoms with Crippen LogP contribution in [0.5, 0.6) is 11.5 Å². The molecule has 2 aromatic rings. The molecular weight excluding hydrogens is 502 g/mol. The van der Waals surface area contributed by atoms with Crippen molar-refractivity contribution in [3.8, 4) is 11.5 Å². The minimum atomic E-state index is -1.25. The highest BCUT2D eigenvalue weighted by Crippen LogP contribution is 2.64. The van der Waals surface area contributed by atoms with Crippen LogP contribution in [0, 0.1) is 29.1 Å². The Morgan fingerprint density at radius 2 is 1.74 bits per heavy atom. The number of anilines is 1. The van der Waals surface area contributed by atoms with E-state index in [2.05, 4.69) is 0 Å². The van der Waals surface area contributed by atoms with Gasteiger partial charge in [0.05, 0.1) is 36.0 Å². The number of hydrogen-bond acceptors (Lipinski definition) is 7. The van der Waals surface area contributed by atoms with Crippen molar-refractivity contribution in [3.05, 3.63) is 65.7 Å². The summed E-state index contributed by atoms with van der Waals surface area (Å²) in [5.74, 6) is -5.54. The van der Waals surface area contributed by atoms with Crippen molar-refractivity contribution in [2.24, 2.45) is 34.8 Å². The first-order valence-electron chi connectivity index (χ1n) is 12.8. The van der Waals surface area contributed by atoms with E-state index < -0.39 is 52.8 Å². The summed E-state index contributed by atoms with van der Waals surface area (Å²) in [6, 6.07) is 12.1. The molecule has 10 nitrogen and oxygen atoms in total. The molecule has 0 aromatic heterocycles. The molecule has 3 N–H and O–H groups in total. The second-order valence-corrected chi connectivity index (χ2v) is 10.8. The maximum Gasteiger partial charge on any atom is 0.328 e. The molecule has 200 valence electrons. The fourth-order valence-electron chi connectivity index (χ4n) is 7.34. The molecule has 4 aliphatic rings. The number of primary amides is 1. The Kier molecular flexibility index (Phi) is 5.43. The number of carbonyl (C=O) groups excluding carboxylic acids is 5. The first kappa shape index (κ1) is 24.8. The largest absolute Gasteiger partial charge is 0.508 e. The van der Waals surface area contributed by atoms with Crippen LogP contribution in [0.25, 0.3) is 0 Å². The number of nitrogens with two attached hydrogens (primary N) is 1. The standard InChI is InChI=1S/C29H27N3O7/c1-29-20(25(35)31(27(29)37)14-6-4-3-5-7-14)13-19-16(23(29)17-9-8-15(33)12-21(17)39-2)10-11-18-22(19)26(36)32(24(18)34)28(30)38/h3-10,12,18-20,22-23,33H,11,13H2,1-2H3,(H2,30,38)/t18-,19+,20-,22-,23+,29+/m0/s1. The lowest BCUT2D eigenvalue weighted by molar-refractivity contribution is -0.136. The van der Waals surface area contributed by atoms with Gasteiger partial charge in [0, 0.05) is 17.5 Å². The first-order valence-corrected chi connectivity index (χ1v) is 12.8. The Bertz CT molecular complexity index is 1480. The lowest BCUT2D eigenvalue weighted by atomic mass is 9.51. The number of phenols is 1. The number of carbonyl (C=O) groups is 5. The number of nitrogens with zero attached hydrogens (tertiary/aromatic N) is 2. The third-order valence-electron chi connectivity index (χ3n) is 9.04. The van der Waals surface area contributed by atoms with Crippen LogP contribution < -0.4 is 15.4 Å². The van der Waals surface area contributed by atoms with Crippen LogP contribution in [-0.2, 0) is 19.2 Å². The van der Waals surface area contributed by atoms with E-state index in [0.717, 1.165) is 5.57 Å². The number of rotatable bonds is 3. The fraction of sp³-hybridized carbons (Fsp3) is 0.345. The number of benzene rings is 2. The summed E-state index contributed by atoms with van der Waals surface area (Å²) in [6.45, 7) is 1.76. The predicted molar refractivity (Wildman–Crippen MR) is 137 cm³/mol. The summed E-state index contributed by atoms with van der Waals surface area (Å²) in [7, 11) is 1.45. The summed E-state index contributed by atoms with van der Waals surface area (Å²) in [5.41, 5.74) is 5.90. The molecule has 0 unspecified atom stereocenters. The van der Waals surface area contributed by atoms with Crippen molar-refractivity contribution < 1.29 is 33.8 Å². The highest BCUT2D eigenvalue weighted by atomic mass is 16.5. The molecule has 2 heterocycles. The molecule has 2 aliphatic heterocycles. The molecular formula is C29H27N3O7. The number of allylic oxidation sites excluding steroid dienone is 2. The van der Waals surface area contributed by atoms with Crippen LogP contribution in [0.4, 0.5) is 10.5 Å². The number of fused-ring (bicyclic) bond motifs is 4. The van der Waals surface area contributed by atoms with Gasteiger partial charge >= 0.3 is 6.03 Å². The summed E-state index contributed by atoms with van der Waals surface area (Å²) in [4.78, 5) is 68.4. The molecule has 10 heteroatoms. The number of ether oxygens (including phenoxy) is 1. The van der Waals surface area contributed by atoms with Crippen molar-refractivity contribution in [1.82, 2.24) is 4.90 Å². The Labute approximate surface area is 224 Å². The maximum atomic E-state index is 14.3. The lowest BCUT2D eigenvalue weighted by Gasteiger charge is -2.49.